The summed E-state index contributed by atoms with van der Waals surface area (Å²) in [6, 6.07) is 0. The van der Waals surface area contributed by atoms with Crippen LogP contribution in [0.1, 0.15) is 59.3 Å². The maximum absolute atomic E-state index is 12.9. The van der Waals surface area contributed by atoms with E-state index in [4.69, 9.17) is 0 Å². The van der Waals surface area contributed by atoms with Gasteiger partial charge in [-0.15, -0.1) is 0 Å². The Morgan fingerprint density at radius 1 is 0.893 bits per heavy atom. The molecule has 0 aromatic rings. The van der Waals surface area contributed by atoms with Crippen LogP contribution in [0.4, 0.5) is 0 Å². The number of aliphatic hydroxyl groups excluding tert-OH is 3. The molecule has 2 aliphatic heterocycles. The molecule has 0 aromatic heterocycles. The van der Waals surface area contributed by atoms with Crippen molar-refractivity contribution in [3.63, 3.8) is 0 Å². The van der Waals surface area contributed by atoms with Crippen LogP contribution in [0, 0.1) is 23.2 Å². The van der Waals surface area contributed by atoms with Crippen LogP contribution >= 0.6 is 0 Å². The smallest absolute Gasteiger partial charge is 0.225 e. The third-order valence-electron chi connectivity index (χ3n) is 7.42. The Balaban J connectivity index is 1.41. The summed E-state index contributed by atoms with van der Waals surface area (Å²) in [4.78, 5) is 17.1. The van der Waals surface area contributed by atoms with E-state index in [1.165, 1.54) is 12.8 Å². The molecule has 3 rings (SSSR count). The number of carbonyl (C=O) groups is 1. The highest BCUT2D eigenvalue weighted by atomic mass is 16.4. The number of hydrogen-bond donors (Lipinski definition) is 3. The number of aliphatic hydroxyl groups is 3. The first-order chi connectivity index (χ1) is 13.1. The monoisotopic (exact) mass is 396 g/mol. The molecule has 0 radical (unpaired) electrons. The molecule has 3 atom stereocenters. The average Bonchev–Trinajstić information content (AvgIpc) is 2.65. The van der Waals surface area contributed by atoms with Gasteiger partial charge in [-0.3, -0.25) is 9.69 Å². The number of piperidine rings is 2. The normalized spacial score (nSPS) is 36.5. The van der Waals surface area contributed by atoms with Crippen molar-refractivity contribution >= 4 is 5.91 Å². The highest BCUT2D eigenvalue weighted by Crippen LogP contribution is 2.40. The van der Waals surface area contributed by atoms with E-state index >= 15 is 0 Å². The fraction of sp³-hybridized carbons (Fsp3) is 0.955. The predicted octanol–water partition coefficient (Wildman–Crippen LogP) is 1.48. The largest absolute Gasteiger partial charge is 0.389 e. The fourth-order valence-corrected chi connectivity index (χ4v) is 5.39. The molecule has 3 fully saturated rings. The van der Waals surface area contributed by atoms with Gasteiger partial charge in [0.15, 0.2) is 0 Å². The predicted molar refractivity (Wildman–Crippen MR) is 109 cm³/mol. The highest BCUT2D eigenvalue weighted by molar-refractivity contribution is 5.79. The molecule has 1 unspecified atom stereocenters. The van der Waals surface area contributed by atoms with E-state index in [0.717, 1.165) is 51.2 Å². The van der Waals surface area contributed by atoms with Crippen LogP contribution in [0.2, 0.25) is 0 Å². The Bertz CT molecular complexity index is 507. The van der Waals surface area contributed by atoms with E-state index in [0.29, 0.717) is 30.3 Å². The van der Waals surface area contributed by atoms with Crippen LogP contribution in [0.5, 0.6) is 0 Å². The van der Waals surface area contributed by atoms with E-state index in [1.54, 1.807) is 0 Å². The lowest BCUT2D eigenvalue weighted by molar-refractivity contribution is -0.139. The zero-order chi connectivity index (χ0) is 20.5. The Hall–Kier alpha value is -0.690. The van der Waals surface area contributed by atoms with Crippen molar-refractivity contribution in [1.29, 1.82) is 0 Å². The van der Waals surface area contributed by atoms with Crippen molar-refractivity contribution in [2.75, 3.05) is 32.7 Å². The van der Waals surface area contributed by atoms with Crippen molar-refractivity contribution < 1.29 is 20.1 Å². The summed E-state index contributed by atoms with van der Waals surface area (Å²) in [5.41, 5.74) is 0.345. The number of amides is 1. The van der Waals surface area contributed by atoms with E-state index in [-0.39, 0.29) is 5.92 Å². The highest BCUT2D eigenvalue weighted by Gasteiger charge is 2.37. The van der Waals surface area contributed by atoms with Gasteiger partial charge in [-0.1, -0.05) is 20.8 Å². The van der Waals surface area contributed by atoms with Crippen LogP contribution in [0.15, 0.2) is 0 Å². The van der Waals surface area contributed by atoms with E-state index in [9.17, 15) is 20.1 Å². The summed E-state index contributed by atoms with van der Waals surface area (Å²) in [6.45, 7) is 10.2. The molecule has 1 aliphatic carbocycles. The van der Waals surface area contributed by atoms with Crippen LogP contribution < -0.4 is 0 Å². The maximum atomic E-state index is 12.9. The number of nitrogens with zero attached hydrogens (tertiary/aromatic N) is 2. The zero-order valence-electron chi connectivity index (χ0n) is 17.9. The number of β-amino-alcohol motifs (C(OH)–C–C–N with tert-alkyl or cyclic N) is 2. The zero-order valence-corrected chi connectivity index (χ0v) is 17.9. The van der Waals surface area contributed by atoms with Crippen molar-refractivity contribution in [3.8, 4) is 0 Å². The first-order valence-corrected chi connectivity index (χ1v) is 11.2. The van der Waals surface area contributed by atoms with Crippen LogP contribution in [0.25, 0.3) is 0 Å². The Morgan fingerprint density at radius 2 is 1.43 bits per heavy atom. The lowest BCUT2D eigenvalue weighted by Gasteiger charge is -2.41. The molecular weight excluding hydrogens is 356 g/mol. The molecule has 2 saturated heterocycles. The van der Waals surface area contributed by atoms with Gasteiger partial charge in [-0.2, -0.15) is 0 Å². The van der Waals surface area contributed by atoms with Gasteiger partial charge in [0.1, 0.15) is 6.10 Å². The molecule has 3 aliphatic rings. The molecule has 0 bridgehead atoms. The van der Waals surface area contributed by atoms with E-state index in [2.05, 4.69) is 30.6 Å². The average molecular weight is 397 g/mol. The topological polar surface area (TPSA) is 84.2 Å². The second kappa shape index (κ2) is 8.99. The van der Waals surface area contributed by atoms with Crippen LogP contribution in [0.3, 0.4) is 0 Å². The van der Waals surface area contributed by atoms with Gasteiger partial charge in [0.05, 0.1) is 12.2 Å². The van der Waals surface area contributed by atoms with Gasteiger partial charge in [0.2, 0.25) is 5.91 Å². The molecule has 6 nitrogen and oxygen atoms in total. The first-order valence-electron chi connectivity index (χ1n) is 11.2. The molecule has 3 N–H and O–H groups in total. The van der Waals surface area contributed by atoms with Crippen LogP contribution in [-0.2, 0) is 4.79 Å². The molecule has 162 valence electrons. The quantitative estimate of drug-likeness (QED) is 0.673. The minimum atomic E-state index is -1.04. The standard InChI is InChI=1S/C22H40N2O4/c1-22(2,3)17-6-4-16(5-7-17)21(28)24-10-8-15(9-11-24)12-23-13-18(25)20(27)19(26)14-23/h15-20,25-27H,4-14H2,1-3H3/t16?,17?,18-,19+,20?. The molecule has 2 heterocycles. The Morgan fingerprint density at radius 3 is 1.93 bits per heavy atom. The SMILES string of the molecule is CC(C)(C)C1CCC(C(=O)N2CCC(CN3C[C@@H](O)C(O)[C@@H](O)C3)CC2)CC1. The minimum Gasteiger partial charge on any atom is -0.389 e. The van der Waals surface area contributed by atoms with Gasteiger partial charge in [0.25, 0.3) is 0 Å². The molecule has 0 spiro atoms. The molecule has 1 saturated carbocycles. The van der Waals surface area contributed by atoms with E-state index in [1.807, 2.05) is 0 Å². The second-order valence-electron chi connectivity index (χ2n) is 10.5. The maximum Gasteiger partial charge on any atom is 0.225 e. The first kappa shape index (κ1) is 22.0. The van der Waals surface area contributed by atoms with Gasteiger partial charge in [-0.05, 0) is 55.8 Å². The summed E-state index contributed by atoms with van der Waals surface area (Å²) in [5.74, 6) is 1.79. The minimum absolute atomic E-state index is 0.212. The lowest BCUT2D eigenvalue weighted by atomic mass is 9.69. The third-order valence-corrected chi connectivity index (χ3v) is 7.42. The summed E-state index contributed by atoms with van der Waals surface area (Å²) < 4.78 is 0. The molecule has 28 heavy (non-hydrogen) atoms. The van der Waals surface area contributed by atoms with Gasteiger partial charge < -0.3 is 20.2 Å². The lowest BCUT2D eigenvalue weighted by Crippen LogP contribution is -2.56. The third kappa shape index (κ3) is 5.26. The summed E-state index contributed by atoms with van der Waals surface area (Å²) in [5, 5.41) is 29.4. The van der Waals surface area contributed by atoms with Crippen molar-refractivity contribution in [3.05, 3.63) is 0 Å². The number of rotatable bonds is 3. The van der Waals surface area contributed by atoms with Gasteiger partial charge in [-0.25, -0.2) is 0 Å². The van der Waals surface area contributed by atoms with Crippen molar-refractivity contribution in [2.45, 2.75) is 77.6 Å². The number of carbonyl (C=O) groups excluding carboxylic acids is 1. The molecule has 0 aromatic carbocycles. The number of likely N-dealkylation sites (tertiary alicyclic amines) is 2. The Kier molecular flexibility index (Phi) is 7.06. The summed E-state index contributed by atoms with van der Waals surface area (Å²) in [7, 11) is 0. The fourth-order valence-electron chi connectivity index (χ4n) is 5.39. The summed E-state index contributed by atoms with van der Waals surface area (Å²) >= 11 is 0. The Labute approximate surface area is 169 Å². The van der Waals surface area contributed by atoms with Crippen molar-refractivity contribution in [2.24, 2.45) is 23.2 Å². The van der Waals surface area contributed by atoms with E-state index < -0.39 is 18.3 Å². The van der Waals surface area contributed by atoms with Crippen LogP contribution in [-0.4, -0.2) is 82.1 Å². The van der Waals surface area contributed by atoms with Gasteiger partial charge >= 0.3 is 0 Å². The molecule has 1 amide bonds. The summed E-state index contributed by atoms with van der Waals surface area (Å²) in [6.07, 6.45) is 3.57. The second-order valence-corrected chi connectivity index (χ2v) is 10.5. The molecular formula is C22H40N2O4. The molecule has 6 heteroatoms. The van der Waals surface area contributed by atoms with Crippen molar-refractivity contribution in [1.82, 2.24) is 9.80 Å². The number of hydrogen-bond acceptors (Lipinski definition) is 5. The van der Waals surface area contributed by atoms with Gasteiger partial charge in [0, 0.05) is 38.6 Å².